The molecule has 0 aliphatic heterocycles. The maximum atomic E-state index is 4.81. The highest BCUT2D eigenvalue weighted by Crippen LogP contribution is 2.33. The van der Waals surface area contributed by atoms with E-state index in [0.29, 0.717) is 12.1 Å². The van der Waals surface area contributed by atoms with E-state index in [0.717, 1.165) is 12.5 Å². The first kappa shape index (κ1) is 14.6. The monoisotopic (exact) mass is 263 g/mol. The van der Waals surface area contributed by atoms with Crippen molar-refractivity contribution in [2.45, 2.75) is 78.9 Å². The van der Waals surface area contributed by atoms with Gasteiger partial charge in [0.2, 0.25) is 0 Å². The van der Waals surface area contributed by atoms with Gasteiger partial charge in [0.05, 0.1) is 11.7 Å². The van der Waals surface area contributed by atoms with Crippen LogP contribution >= 0.6 is 0 Å². The first-order valence-electron chi connectivity index (χ1n) is 7.77. The molecule has 2 rings (SSSR count). The van der Waals surface area contributed by atoms with Crippen LogP contribution in [-0.4, -0.2) is 15.8 Å². The molecule has 1 fully saturated rings. The first-order valence-corrected chi connectivity index (χ1v) is 7.77. The van der Waals surface area contributed by atoms with Gasteiger partial charge in [-0.15, -0.1) is 0 Å². The molecular weight excluding hydrogens is 234 g/mol. The summed E-state index contributed by atoms with van der Waals surface area (Å²) in [5.41, 5.74) is 3.96. The molecule has 0 spiro atoms. The Morgan fingerprint density at radius 2 is 1.84 bits per heavy atom. The summed E-state index contributed by atoms with van der Waals surface area (Å²) in [4.78, 5) is 0. The average Bonchev–Trinajstić information content (AvgIpc) is 2.63. The third-order valence-electron chi connectivity index (χ3n) is 4.49. The maximum Gasteiger partial charge on any atom is 0.0641 e. The molecule has 0 atom stereocenters. The van der Waals surface area contributed by atoms with Crippen LogP contribution in [0, 0.1) is 19.8 Å². The highest BCUT2D eigenvalue weighted by atomic mass is 15.3. The number of aromatic nitrogens is 2. The van der Waals surface area contributed by atoms with Crippen molar-refractivity contribution >= 4 is 0 Å². The molecular formula is C16H29N3. The molecule has 1 aromatic rings. The molecule has 1 aliphatic rings. The van der Waals surface area contributed by atoms with Crippen LogP contribution < -0.4 is 5.32 Å². The number of nitrogens with zero attached hydrogens (tertiary/aromatic N) is 2. The molecule has 3 nitrogen and oxygen atoms in total. The quantitative estimate of drug-likeness (QED) is 0.896. The fourth-order valence-electron chi connectivity index (χ4n) is 3.10. The predicted molar refractivity (Wildman–Crippen MR) is 80.3 cm³/mol. The molecule has 0 saturated heterocycles. The second-order valence-electron chi connectivity index (χ2n) is 6.54. The zero-order valence-corrected chi connectivity index (χ0v) is 13.2. The Morgan fingerprint density at radius 1 is 1.21 bits per heavy atom. The zero-order chi connectivity index (χ0) is 14.0. The molecule has 0 aromatic carbocycles. The summed E-state index contributed by atoms with van der Waals surface area (Å²) >= 11 is 0. The number of hydrogen-bond acceptors (Lipinski definition) is 2. The van der Waals surface area contributed by atoms with Crippen molar-refractivity contribution in [3.63, 3.8) is 0 Å². The van der Waals surface area contributed by atoms with Crippen molar-refractivity contribution in [3.8, 4) is 0 Å². The fraction of sp³-hybridized carbons (Fsp3) is 0.812. The number of aryl methyl sites for hydroxylation is 1. The summed E-state index contributed by atoms with van der Waals surface area (Å²) in [6.07, 6.45) is 5.28. The van der Waals surface area contributed by atoms with Crippen LogP contribution in [-0.2, 0) is 6.54 Å². The topological polar surface area (TPSA) is 29.9 Å². The van der Waals surface area contributed by atoms with Crippen molar-refractivity contribution < 1.29 is 0 Å². The Morgan fingerprint density at radius 3 is 2.42 bits per heavy atom. The van der Waals surface area contributed by atoms with E-state index in [4.69, 9.17) is 5.10 Å². The van der Waals surface area contributed by atoms with Gasteiger partial charge in [-0.25, -0.2) is 0 Å². The van der Waals surface area contributed by atoms with E-state index in [1.54, 1.807) is 0 Å². The Bertz CT molecular complexity index is 412. The fourth-order valence-corrected chi connectivity index (χ4v) is 3.10. The van der Waals surface area contributed by atoms with Gasteiger partial charge in [-0.2, -0.15) is 5.10 Å². The zero-order valence-electron chi connectivity index (χ0n) is 13.2. The summed E-state index contributed by atoms with van der Waals surface area (Å²) in [5.74, 6) is 0.898. The van der Waals surface area contributed by atoms with Gasteiger partial charge >= 0.3 is 0 Å². The van der Waals surface area contributed by atoms with Crippen molar-refractivity contribution in [1.29, 1.82) is 0 Å². The van der Waals surface area contributed by atoms with Gasteiger partial charge in [0.15, 0.2) is 0 Å². The van der Waals surface area contributed by atoms with E-state index >= 15 is 0 Å². The molecule has 108 valence electrons. The van der Waals surface area contributed by atoms with Gasteiger partial charge in [0.25, 0.3) is 0 Å². The maximum absolute atomic E-state index is 4.81. The lowest BCUT2D eigenvalue weighted by Crippen LogP contribution is -2.23. The predicted octanol–water partition coefficient (Wildman–Crippen LogP) is 3.75. The smallest absolute Gasteiger partial charge is 0.0641 e. The largest absolute Gasteiger partial charge is 0.310 e. The van der Waals surface area contributed by atoms with Crippen molar-refractivity contribution in [1.82, 2.24) is 15.1 Å². The Balaban J connectivity index is 2.11. The molecule has 0 radical (unpaired) electrons. The second kappa shape index (κ2) is 6.08. The highest BCUT2D eigenvalue weighted by Gasteiger charge is 2.23. The lowest BCUT2D eigenvalue weighted by molar-refractivity contribution is 0.270. The average molecular weight is 263 g/mol. The van der Waals surface area contributed by atoms with Crippen LogP contribution in [0.3, 0.4) is 0 Å². The van der Waals surface area contributed by atoms with E-state index in [2.05, 4.69) is 44.6 Å². The van der Waals surface area contributed by atoms with Crippen LogP contribution in [0.5, 0.6) is 0 Å². The summed E-state index contributed by atoms with van der Waals surface area (Å²) in [5, 5.41) is 8.33. The number of hydrogen-bond donors (Lipinski definition) is 1. The lowest BCUT2D eigenvalue weighted by atomic mass is 9.87. The summed E-state index contributed by atoms with van der Waals surface area (Å²) < 4.78 is 2.30. The third kappa shape index (κ3) is 3.38. The summed E-state index contributed by atoms with van der Waals surface area (Å²) in [7, 11) is 0. The van der Waals surface area contributed by atoms with Crippen molar-refractivity contribution in [3.05, 3.63) is 17.0 Å². The van der Waals surface area contributed by atoms with Gasteiger partial charge in [0.1, 0.15) is 0 Å². The van der Waals surface area contributed by atoms with Gasteiger partial charge in [-0.3, -0.25) is 4.68 Å². The normalized spacial score (nSPS) is 24.1. The van der Waals surface area contributed by atoms with E-state index in [1.165, 1.54) is 42.6 Å². The molecule has 0 bridgehead atoms. The molecule has 1 N–H and O–H groups in total. The number of rotatable bonds is 4. The molecule has 19 heavy (non-hydrogen) atoms. The van der Waals surface area contributed by atoms with Crippen LogP contribution in [0.15, 0.2) is 0 Å². The van der Waals surface area contributed by atoms with Crippen molar-refractivity contribution in [2.24, 2.45) is 5.92 Å². The van der Waals surface area contributed by atoms with E-state index in [9.17, 15) is 0 Å². The lowest BCUT2D eigenvalue weighted by Gasteiger charge is -2.27. The van der Waals surface area contributed by atoms with Crippen LogP contribution in [0.4, 0.5) is 0 Å². The SMILES string of the molecule is Cc1nn(C2CCC(C)CC2)c(C)c1CNC(C)C. The minimum absolute atomic E-state index is 0.526. The minimum atomic E-state index is 0.526. The van der Waals surface area contributed by atoms with E-state index < -0.39 is 0 Å². The molecule has 3 heteroatoms. The van der Waals surface area contributed by atoms with Crippen LogP contribution in [0.2, 0.25) is 0 Å². The standard InChI is InChI=1S/C16H29N3/c1-11(2)17-10-16-13(4)18-19(14(16)5)15-8-6-12(3)7-9-15/h11-12,15,17H,6-10H2,1-5H3. The molecule has 0 amide bonds. The van der Waals surface area contributed by atoms with Crippen LogP contribution in [0.25, 0.3) is 0 Å². The summed E-state index contributed by atoms with van der Waals surface area (Å²) in [6, 6.07) is 1.15. The minimum Gasteiger partial charge on any atom is -0.310 e. The van der Waals surface area contributed by atoms with Gasteiger partial charge in [-0.05, 0) is 45.4 Å². The molecule has 1 aromatic heterocycles. The molecule has 1 saturated carbocycles. The van der Waals surface area contributed by atoms with Crippen molar-refractivity contribution in [2.75, 3.05) is 0 Å². The van der Waals surface area contributed by atoms with Gasteiger partial charge < -0.3 is 5.32 Å². The Hall–Kier alpha value is -0.830. The third-order valence-corrected chi connectivity index (χ3v) is 4.49. The Kier molecular flexibility index (Phi) is 4.67. The van der Waals surface area contributed by atoms with Gasteiger partial charge in [0, 0.05) is 23.8 Å². The van der Waals surface area contributed by atoms with Gasteiger partial charge in [-0.1, -0.05) is 20.8 Å². The number of nitrogens with one attached hydrogen (secondary N) is 1. The molecule has 0 unspecified atom stereocenters. The summed E-state index contributed by atoms with van der Waals surface area (Å²) in [6.45, 7) is 12.1. The Labute approximate surface area is 117 Å². The van der Waals surface area contributed by atoms with E-state index in [1.807, 2.05) is 0 Å². The van der Waals surface area contributed by atoms with Crippen LogP contribution in [0.1, 0.15) is 69.4 Å². The second-order valence-corrected chi connectivity index (χ2v) is 6.54. The molecule has 1 heterocycles. The molecule has 1 aliphatic carbocycles. The van der Waals surface area contributed by atoms with E-state index in [-0.39, 0.29) is 0 Å². The first-order chi connectivity index (χ1) is 8.99. The highest BCUT2D eigenvalue weighted by molar-refractivity contribution is 5.25.